The van der Waals surface area contributed by atoms with Gasteiger partial charge < -0.3 is 14.6 Å². The molecule has 0 spiro atoms. The van der Waals surface area contributed by atoms with E-state index in [1.807, 2.05) is 37.3 Å². The highest BCUT2D eigenvalue weighted by atomic mass is 19.1. The number of H-pyrrole nitrogens is 1. The minimum absolute atomic E-state index is 0.153. The highest BCUT2D eigenvalue weighted by molar-refractivity contribution is 5.96. The predicted octanol–water partition coefficient (Wildman–Crippen LogP) is 6.34. The predicted molar refractivity (Wildman–Crippen MR) is 148 cm³/mol. The summed E-state index contributed by atoms with van der Waals surface area (Å²) in [5.41, 5.74) is 2.84. The highest BCUT2D eigenvalue weighted by Gasteiger charge is 2.41. The summed E-state index contributed by atoms with van der Waals surface area (Å²) in [4.78, 5) is 21.1. The second-order valence-electron chi connectivity index (χ2n) is 10.8. The number of ether oxygens (including phenoxy) is 1. The zero-order valence-corrected chi connectivity index (χ0v) is 22.3. The monoisotopic (exact) mass is 529 g/mol. The second-order valence-corrected chi connectivity index (χ2v) is 10.8. The van der Waals surface area contributed by atoms with Crippen molar-refractivity contribution in [2.24, 2.45) is 5.92 Å². The zero-order chi connectivity index (χ0) is 27.1. The van der Waals surface area contributed by atoms with E-state index in [-0.39, 0.29) is 23.3 Å². The first kappa shape index (κ1) is 25.6. The first-order valence-electron chi connectivity index (χ1n) is 13.8. The Balaban J connectivity index is 1.37. The van der Waals surface area contributed by atoms with Gasteiger partial charge in [0.2, 0.25) is 0 Å². The van der Waals surface area contributed by atoms with Gasteiger partial charge in [-0.25, -0.2) is 8.78 Å². The maximum absolute atomic E-state index is 15.9. The SMILES string of the molecule is CCC1CN(CCOc2cc(F)c([C@@H]3c4[nH]c5ccccc5c4C[C@@H](C)N3C(=O)c3ccccc3)c(F)c2)C1. The number of rotatable bonds is 7. The minimum Gasteiger partial charge on any atom is -0.492 e. The Labute approximate surface area is 227 Å². The molecule has 0 radical (unpaired) electrons. The fraction of sp³-hybridized carbons (Fsp3) is 0.344. The Morgan fingerprint density at radius 3 is 2.44 bits per heavy atom. The molecule has 0 bridgehead atoms. The average Bonchev–Trinajstić information content (AvgIpc) is 3.28. The van der Waals surface area contributed by atoms with E-state index in [2.05, 4.69) is 16.8 Å². The number of nitrogens with zero attached hydrogens (tertiary/aromatic N) is 2. The van der Waals surface area contributed by atoms with Crippen LogP contribution in [-0.2, 0) is 6.42 Å². The molecule has 2 atom stereocenters. The van der Waals surface area contributed by atoms with E-state index in [0.717, 1.165) is 48.4 Å². The number of amides is 1. The standard InChI is InChI=1S/C32H33F2N3O2/c1-3-21-18-36(19-21)13-14-39-23-16-26(33)29(27(34)17-23)31-30-25(24-11-7-8-12-28(24)35-30)15-20(2)37(31)32(38)22-9-5-4-6-10-22/h4-12,16-17,20-21,31,35H,3,13-15,18-19H2,1-2H3/t20-,31-/m1/s1. The largest absolute Gasteiger partial charge is 0.492 e. The van der Waals surface area contributed by atoms with Gasteiger partial charge in [-0.15, -0.1) is 0 Å². The molecule has 202 valence electrons. The van der Waals surface area contributed by atoms with Crippen molar-refractivity contribution in [1.29, 1.82) is 0 Å². The molecule has 7 heteroatoms. The topological polar surface area (TPSA) is 48.6 Å². The van der Waals surface area contributed by atoms with Crippen molar-refractivity contribution in [3.63, 3.8) is 0 Å². The number of para-hydroxylation sites is 1. The molecular formula is C32H33F2N3O2. The van der Waals surface area contributed by atoms with Crippen LogP contribution in [0, 0.1) is 17.6 Å². The number of fused-ring (bicyclic) bond motifs is 3. The summed E-state index contributed by atoms with van der Waals surface area (Å²) < 4.78 is 37.5. The van der Waals surface area contributed by atoms with Crippen LogP contribution in [0.15, 0.2) is 66.7 Å². The van der Waals surface area contributed by atoms with Crippen LogP contribution < -0.4 is 4.74 Å². The molecule has 0 aliphatic carbocycles. The van der Waals surface area contributed by atoms with Crippen molar-refractivity contribution in [3.05, 3.63) is 101 Å². The molecule has 0 unspecified atom stereocenters. The lowest BCUT2D eigenvalue weighted by Crippen LogP contribution is -2.47. The van der Waals surface area contributed by atoms with E-state index in [9.17, 15) is 4.79 Å². The molecule has 3 heterocycles. The summed E-state index contributed by atoms with van der Waals surface area (Å²) in [7, 11) is 0. The van der Waals surface area contributed by atoms with Gasteiger partial charge in [-0.2, -0.15) is 0 Å². The van der Waals surface area contributed by atoms with E-state index in [1.54, 1.807) is 29.2 Å². The third-order valence-electron chi connectivity index (χ3n) is 8.24. The number of halogens is 2. The molecule has 1 N–H and O–H groups in total. The van der Waals surface area contributed by atoms with E-state index < -0.39 is 17.7 Å². The van der Waals surface area contributed by atoms with Crippen molar-refractivity contribution in [2.75, 3.05) is 26.2 Å². The van der Waals surface area contributed by atoms with E-state index in [4.69, 9.17) is 4.74 Å². The van der Waals surface area contributed by atoms with Crippen molar-refractivity contribution >= 4 is 16.8 Å². The van der Waals surface area contributed by atoms with Crippen molar-refractivity contribution in [3.8, 4) is 5.75 Å². The summed E-state index contributed by atoms with van der Waals surface area (Å²) in [6.45, 7) is 7.29. The van der Waals surface area contributed by atoms with E-state index in [0.29, 0.717) is 24.3 Å². The van der Waals surface area contributed by atoms with Gasteiger partial charge in [-0.1, -0.05) is 49.7 Å². The van der Waals surface area contributed by atoms with Gasteiger partial charge in [0.15, 0.2) is 0 Å². The van der Waals surface area contributed by atoms with Gasteiger partial charge in [-0.05, 0) is 43.0 Å². The summed E-state index contributed by atoms with van der Waals surface area (Å²) in [5, 5.41) is 1.01. The highest BCUT2D eigenvalue weighted by Crippen LogP contribution is 2.43. The number of benzene rings is 3. The molecule has 2 aliphatic heterocycles. The zero-order valence-electron chi connectivity index (χ0n) is 22.3. The van der Waals surface area contributed by atoms with Crippen LogP contribution in [0.4, 0.5) is 8.78 Å². The molecule has 0 saturated carbocycles. The summed E-state index contributed by atoms with van der Waals surface area (Å²) in [6.07, 6.45) is 1.74. The summed E-state index contributed by atoms with van der Waals surface area (Å²) in [6, 6.07) is 18.0. The Morgan fingerprint density at radius 2 is 1.72 bits per heavy atom. The van der Waals surface area contributed by atoms with Gasteiger partial charge in [0.1, 0.15) is 30.0 Å². The molecule has 1 fully saturated rings. The van der Waals surface area contributed by atoms with Crippen molar-refractivity contribution in [2.45, 2.75) is 38.8 Å². The van der Waals surface area contributed by atoms with Gasteiger partial charge >= 0.3 is 0 Å². The number of carbonyl (C=O) groups is 1. The summed E-state index contributed by atoms with van der Waals surface area (Å²) in [5.74, 6) is -0.836. The van der Waals surface area contributed by atoms with Crippen LogP contribution in [0.1, 0.15) is 53.5 Å². The van der Waals surface area contributed by atoms with Crippen LogP contribution >= 0.6 is 0 Å². The van der Waals surface area contributed by atoms with E-state index in [1.165, 1.54) is 12.1 Å². The molecule has 1 saturated heterocycles. The summed E-state index contributed by atoms with van der Waals surface area (Å²) >= 11 is 0. The fourth-order valence-corrected chi connectivity index (χ4v) is 6.11. The molecule has 5 nitrogen and oxygen atoms in total. The Morgan fingerprint density at radius 1 is 1.03 bits per heavy atom. The number of carbonyl (C=O) groups excluding carboxylic acids is 1. The van der Waals surface area contributed by atoms with E-state index >= 15 is 8.78 Å². The Bertz CT molecular complexity index is 1470. The third-order valence-corrected chi connectivity index (χ3v) is 8.24. The number of hydrogen-bond donors (Lipinski definition) is 1. The van der Waals surface area contributed by atoms with Crippen LogP contribution in [0.2, 0.25) is 0 Å². The quantitative estimate of drug-likeness (QED) is 0.304. The smallest absolute Gasteiger partial charge is 0.254 e. The normalized spacial score (nSPS) is 19.6. The van der Waals surface area contributed by atoms with Gasteiger partial charge in [0.25, 0.3) is 5.91 Å². The molecule has 39 heavy (non-hydrogen) atoms. The fourth-order valence-electron chi connectivity index (χ4n) is 6.11. The maximum Gasteiger partial charge on any atom is 0.254 e. The van der Waals surface area contributed by atoms with Crippen molar-refractivity contribution in [1.82, 2.24) is 14.8 Å². The molecule has 3 aromatic carbocycles. The number of aromatic amines is 1. The lowest BCUT2D eigenvalue weighted by atomic mass is 9.87. The second kappa shape index (κ2) is 10.5. The molecule has 2 aliphatic rings. The molecule has 4 aromatic rings. The van der Waals surface area contributed by atoms with Gasteiger partial charge in [0.05, 0.1) is 5.56 Å². The van der Waals surface area contributed by atoms with Gasteiger partial charge in [0, 0.05) is 60.0 Å². The molecule has 1 amide bonds. The minimum atomic E-state index is -0.954. The third kappa shape index (κ3) is 4.69. The Hall–Kier alpha value is -3.71. The lowest BCUT2D eigenvalue weighted by molar-refractivity contribution is 0.0592. The molecule has 6 rings (SSSR count). The van der Waals surface area contributed by atoms with Crippen LogP contribution in [-0.4, -0.2) is 53.0 Å². The number of nitrogens with one attached hydrogen (secondary N) is 1. The maximum atomic E-state index is 15.9. The first-order chi connectivity index (χ1) is 18.9. The van der Waals surface area contributed by atoms with Gasteiger partial charge in [-0.3, -0.25) is 9.69 Å². The average molecular weight is 530 g/mol. The van der Waals surface area contributed by atoms with Crippen LogP contribution in [0.5, 0.6) is 5.75 Å². The molecular weight excluding hydrogens is 496 g/mol. The molecule has 1 aromatic heterocycles. The van der Waals surface area contributed by atoms with Crippen LogP contribution in [0.3, 0.4) is 0 Å². The lowest BCUT2D eigenvalue weighted by Gasteiger charge is -2.41. The number of aromatic nitrogens is 1. The van der Waals surface area contributed by atoms with Crippen molar-refractivity contribution < 1.29 is 18.3 Å². The van der Waals surface area contributed by atoms with Crippen LogP contribution in [0.25, 0.3) is 10.9 Å². The Kier molecular flexibility index (Phi) is 6.85. The first-order valence-corrected chi connectivity index (χ1v) is 13.8. The number of hydrogen-bond acceptors (Lipinski definition) is 3. The number of likely N-dealkylation sites (tertiary alicyclic amines) is 1.